The summed E-state index contributed by atoms with van der Waals surface area (Å²) >= 11 is 0. The molecule has 3 heteroatoms. The van der Waals surface area contributed by atoms with Gasteiger partial charge in [0.15, 0.2) is 0 Å². The molecule has 0 fully saturated rings. The van der Waals surface area contributed by atoms with Gasteiger partial charge in [0, 0.05) is 33.9 Å². The molecular weight excluding hydrogens is 759 g/mol. The highest BCUT2D eigenvalue weighted by Gasteiger charge is 2.45. The number of hydrogen-bond acceptors (Lipinski definition) is 2. The fourth-order valence-corrected chi connectivity index (χ4v) is 9.88. The Labute approximate surface area is 379 Å². The number of hydrogen-bond donors (Lipinski definition) is 0. The third-order valence-electron chi connectivity index (χ3n) is 13.6. The van der Waals surface area contributed by atoms with Gasteiger partial charge in [-0.05, 0) is 133 Å². The zero-order chi connectivity index (χ0) is 45.0. The molecule has 63 heavy (non-hydrogen) atoms. The molecule has 2 aliphatic heterocycles. The lowest BCUT2D eigenvalue weighted by Gasteiger charge is -2.45. The minimum absolute atomic E-state index is 0.0240. The standard InChI is InChI=1S/C60H65BN2/c1-38-19-30-51(47(33-38)41-22-26-43(27-23-41)58(6,7)8)63-53-32-29-45(60(12,13)14)37-49(53)61-48-36-44(59(9,10)11)28-31-52(48)62(54-34-39(2)35-55(63)56(54)61)50-18-16-15-17-46(50)40-20-24-42(25-21-40)57(3,4)5/h15-37H,1-14H3. The smallest absolute Gasteiger partial charge is 0.252 e. The normalized spacial score (nSPS) is 13.8. The monoisotopic (exact) mass is 825 g/mol. The van der Waals surface area contributed by atoms with Crippen molar-refractivity contribution in [1.82, 2.24) is 0 Å². The first-order valence-electron chi connectivity index (χ1n) is 23.0. The third-order valence-corrected chi connectivity index (χ3v) is 13.6. The highest BCUT2D eigenvalue weighted by molar-refractivity contribution is 7.00. The van der Waals surface area contributed by atoms with Crippen LogP contribution >= 0.6 is 0 Å². The van der Waals surface area contributed by atoms with Gasteiger partial charge in [-0.3, -0.25) is 0 Å². The molecule has 0 saturated carbocycles. The molecule has 0 aromatic heterocycles. The SMILES string of the molecule is Cc1ccc(N2c3ccc(C(C)(C)C)cc3B3c4cc(C(C)(C)C)ccc4N(c4ccccc4-c4ccc(C(C)(C)C)cc4)c4cc(C)cc2c43)c(-c2ccc(C(C)(C)C)cc2)c1. The fourth-order valence-electron chi connectivity index (χ4n) is 9.88. The average Bonchev–Trinajstić information content (AvgIpc) is 3.22. The van der Waals surface area contributed by atoms with Crippen LogP contribution in [0.1, 0.15) is 116 Å². The van der Waals surface area contributed by atoms with Crippen molar-refractivity contribution in [2.75, 3.05) is 9.80 Å². The summed E-state index contributed by atoms with van der Waals surface area (Å²) in [6, 6.07) is 54.2. The fraction of sp³-hybridized carbons (Fsp3) is 0.300. The van der Waals surface area contributed by atoms with Crippen molar-refractivity contribution in [3.8, 4) is 22.3 Å². The molecule has 0 aliphatic carbocycles. The maximum absolute atomic E-state index is 2.60. The molecule has 2 nitrogen and oxygen atoms in total. The van der Waals surface area contributed by atoms with E-state index in [0.717, 1.165) is 0 Å². The van der Waals surface area contributed by atoms with Gasteiger partial charge in [0.05, 0.1) is 11.4 Å². The second-order valence-corrected chi connectivity index (χ2v) is 22.6. The van der Waals surface area contributed by atoms with Crippen LogP contribution < -0.4 is 26.2 Å². The number of nitrogens with zero attached hydrogens (tertiary/aromatic N) is 2. The lowest BCUT2D eigenvalue weighted by molar-refractivity contribution is 0.590. The second kappa shape index (κ2) is 14.9. The molecule has 0 atom stereocenters. The van der Waals surface area contributed by atoms with Crippen molar-refractivity contribution in [1.29, 1.82) is 0 Å². The lowest BCUT2D eigenvalue weighted by Crippen LogP contribution is -2.61. The van der Waals surface area contributed by atoms with Crippen LogP contribution in [-0.4, -0.2) is 6.71 Å². The molecule has 0 radical (unpaired) electrons. The van der Waals surface area contributed by atoms with Crippen molar-refractivity contribution in [2.24, 2.45) is 0 Å². The van der Waals surface area contributed by atoms with Crippen LogP contribution in [0.25, 0.3) is 22.3 Å². The third kappa shape index (κ3) is 7.52. The molecule has 0 N–H and O–H groups in total. The first-order valence-corrected chi connectivity index (χ1v) is 23.0. The van der Waals surface area contributed by atoms with Crippen LogP contribution in [0, 0.1) is 13.8 Å². The van der Waals surface area contributed by atoms with Crippen LogP contribution in [0.15, 0.2) is 140 Å². The predicted octanol–water partition coefficient (Wildman–Crippen LogP) is 14.9. The second-order valence-electron chi connectivity index (χ2n) is 22.6. The molecule has 2 heterocycles. The number of fused-ring (bicyclic) bond motifs is 4. The summed E-state index contributed by atoms with van der Waals surface area (Å²) in [5.41, 5.74) is 24.3. The summed E-state index contributed by atoms with van der Waals surface area (Å²) in [4.78, 5) is 5.19. The van der Waals surface area contributed by atoms with Crippen molar-refractivity contribution in [3.63, 3.8) is 0 Å². The molecule has 0 saturated heterocycles. The van der Waals surface area contributed by atoms with E-state index in [1.54, 1.807) is 0 Å². The van der Waals surface area contributed by atoms with Crippen LogP contribution in [0.3, 0.4) is 0 Å². The number of rotatable bonds is 4. The topological polar surface area (TPSA) is 6.48 Å². The molecule has 0 unspecified atom stereocenters. The Bertz CT molecular complexity index is 2890. The summed E-state index contributed by atoms with van der Waals surface area (Å²) in [6.07, 6.45) is 0. The van der Waals surface area contributed by atoms with Crippen molar-refractivity contribution in [2.45, 2.75) is 119 Å². The van der Waals surface area contributed by atoms with E-state index >= 15 is 0 Å². The number of benzene rings is 7. The molecule has 318 valence electrons. The zero-order valence-corrected chi connectivity index (χ0v) is 40.3. The lowest BCUT2D eigenvalue weighted by atomic mass is 9.33. The Morgan fingerprint density at radius 3 is 1.19 bits per heavy atom. The van der Waals surface area contributed by atoms with Crippen molar-refractivity contribution in [3.05, 3.63) is 173 Å². The van der Waals surface area contributed by atoms with Gasteiger partial charge in [-0.1, -0.05) is 186 Å². The Balaban J connectivity index is 1.36. The van der Waals surface area contributed by atoms with Crippen molar-refractivity contribution >= 4 is 57.2 Å². The molecule has 0 bridgehead atoms. The number of aryl methyl sites for hydroxylation is 2. The molecule has 0 spiro atoms. The average molecular weight is 825 g/mol. The predicted molar refractivity (Wildman–Crippen MR) is 276 cm³/mol. The van der Waals surface area contributed by atoms with Gasteiger partial charge >= 0.3 is 0 Å². The molecule has 0 amide bonds. The Morgan fingerprint density at radius 1 is 0.333 bits per heavy atom. The van der Waals surface area contributed by atoms with Gasteiger partial charge in [0.2, 0.25) is 0 Å². The molecule has 9 rings (SSSR count). The Morgan fingerprint density at radius 2 is 0.730 bits per heavy atom. The van der Waals surface area contributed by atoms with Crippen LogP contribution in [0.2, 0.25) is 0 Å². The van der Waals surface area contributed by atoms with E-state index < -0.39 is 0 Å². The van der Waals surface area contributed by atoms with E-state index in [-0.39, 0.29) is 28.4 Å². The zero-order valence-electron chi connectivity index (χ0n) is 40.3. The molecular formula is C60H65BN2. The quantitative estimate of drug-likeness (QED) is 0.163. The van der Waals surface area contributed by atoms with Crippen LogP contribution in [0.5, 0.6) is 0 Å². The summed E-state index contributed by atoms with van der Waals surface area (Å²) in [5, 5.41) is 0. The molecule has 7 aromatic carbocycles. The van der Waals surface area contributed by atoms with Gasteiger partial charge < -0.3 is 9.80 Å². The maximum atomic E-state index is 2.60. The largest absolute Gasteiger partial charge is 0.311 e. The first kappa shape index (κ1) is 42.5. The van der Waals surface area contributed by atoms with Crippen LogP contribution in [0.4, 0.5) is 34.1 Å². The van der Waals surface area contributed by atoms with E-state index in [1.165, 1.54) is 106 Å². The number of para-hydroxylation sites is 1. The van der Waals surface area contributed by atoms with E-state index in [0.29, 0.717) is 0 Å². The summed E-state index contributed by atoms with van der Waals surface area (Å²) < 4.78 is 0. The van der Waals surface area contributed by atoms with E-state index in [9.17, 15) is 0 Å². The van der Waals surface area contributed by atoms with Gasteiger partial charge in [0.25, 0.3) is 6.71 Å². The van der Waals surface area contributed by atoms with Gasteiger partial charge in [-0.2, -0.15) is 0 Å². The van der Waals surface area contributed by atoms with E-state index in [1.807, 2.05) is 0 Å². The highest BCUT2D eigenvalue weighted by Crippen LogP contribution is 2.49. The van der Waals surface area contributed by atoms with Gasteiger partial charge in [-0.25, -0.2) is 0 Å². The minimum Gasteiger partial charge on any atom is -0.311 e. The summed E-state index contributed by atoms with van der Waals surface area (Å²) in [6.45, 7) is 32.3. The van der Waals surface area contributed by atoms with Gasteiger partial charge in [0.1, 0.15) is 0 Å². The summed E-state index contributed by atoms with van der Waals surface area (Å²) in [7, 11) is 0. The van der Waals surface area contributed by atoms with Gasteiger partial charge in [-0.15, -0.1) is 0 Å². The summed E-state index contributed by atoms with van der Waals surface area (Å²) in [5.74, 6) is 0. The van der Waals surface area contributed by atoms with E-state index in [4.69, 9.17) is 0 Å². The van der Waals surface area contributed by atoms with Crippen LogP contribution in [-0.2, 0) is 21.7 Å². The first-order chi connectivity index (χ1) is 29.6. The Hall–Kier alpha value is -5.80. The maximum Gasteiger partial charge on any atom is 0.252 e. The minimum atomic E-state index is -0.0294. The van der Waals surface area contributed by atoms with Crippen molar-refractivity contribution < 1.29 is 0 Å². The molecule has 2 aliphatic rings. The highest BCUT2D eigenvalue weighted by atomic mass is 15.2. The molecule has 7 aromatic rings. The van der Waals surface area contributed by atoms with E-state index in [2.05, 4.69) is 246 Å². The number of anilines is 6. The Kier molecular flexibility index (Phi) is 10.1.